The van der Waals surface area contributed by atoms with E-state index in [9.17, 15) is 27.3 Å². The largest absolute Gasteiger partial charge is 0.573 e. The highest BCUT2D eigenvalue weighted by Gasteiger charge is 2.30. The van der Waals surface area contributed by atoms with Crippen LogP contribution in [-0.2, 0) is 16.7 Å². The van der Waals surface area contributed by atoms with Crippen LogP contribution in [0.1, 0.15) is 0 Å². The van der Waals surface area contributed by atoms with Crippen LogP contribution in [0.15, 0.2) is 76.6 Å². The molecule has 1 aromatic heterocycles. The highest BCUT2D eigenvalue weighted by Crippen LogP contribution is 2.27. The van der Waals surface area contributed by atoms with E-state index in [0.29, 0.717) is 16.4 Å². The Morgan fingerprint density at radius 1 is 0.931 bits per heavy atom. The summed E-state index contributed by atoms with van der Waals surface area (Å²) in [6.07, 6.45) is -3.35. The quantitative estimate of drug-likeness (QED) is 0.646. The molecule has 6 nitrogen and oxygen atoms in total. The standard InChI is InChI=1S/C19H14F3NO5S/c20-19(21,22)28-15-5-3-13(4-6-15)27-14-7-9-16(10-8-14)29(26)12-23-11-1-2-17(24)18(23)25/h1-11,24H,12H2. The molecule has 0 aliphatic carbocycles. The van der Waals surface area contributed by atoms with Crippen molar-refractivity contribution in [3.63, 3.8) is 0 Å². The molecule has 0 fully saturated rings. The van der Waals surface area contributed by atoms with E-state index < -0.39 is 28.5 Å². The third-order valence-corrected chi connectivity index (χ3v) is 4.95. The second kappa shape index (κ2) is 8.39. The summed E-state index contributed by atoms with van der Waals surface area (Å²) in [6.45, 7) is 0. The third-order valence-electron chi connectivity index (χ3n) is 3.64. The molecule has 0 saturated carbocycles. The smallest absolute Gasteiger partial charge is 0.503 e. The van der Waals surface area contributed by atoms with Crippen LogP contribution >= 0.6 is 0 Å². The van der Waals surface area contributed by atoms with Crippen molar-refractivity contribution >= 4 is 10.8 Å². The molecule has 1 N–H and O–H groups in total. The van der Waals surface area contributed by atoms with Gasteiger partial charge in [0.15, 0.2) is 5.75 Å². The van der Waals surface area contributed by atoms with Crippen molar-refractivity contribution in [3.8, 4) is 23.0 Å². The Labute approximate surface area is 165 Å². The Kier molecular flexibility index (Phi) is 5.92. The van der Waals surface area contributed by atoms with Crippen molar-refractivity contribution < 1.29 is 32.0 Å². The van der Waals surface area contributed by atoms with E-state index in [1.807, 2.05) is 0 Å². The molecule has 2 aromatic carbocycles. The number of alkyl halides is 3. The van der Waals surface area contributed by atoms with Crippen LogP contribution in [0.4, 0.5) is 13.2 Å². The van der Waals surface area contributed by atoms with Gasteiger partial charge < -0.3 is 14.6 Å². The van der Waals surface area contributed by atoms with E-state index in [4.69, 9.17) is 4.74 Å². The van der Waals surface area contributed by atoms with Gasteiger partial charge in [-0.25, -0.2) is 0 Å². The Balaban J connectivity index is 1.65. The molecule has 0 aliphatic heterocycles. The fourth-order valence-corrected chi connectivity index (χ4v) is 3.38. The van der Waals surface area contributed by atoms with Gasteiger partial charge in [0.25, 0.3) is 5.56 Å². The first-order valence-electron chi connectivity index (χ1n) is 8.12. The van der Waals surface area contributed by atoms with Gasteiger partial charge in [-0.1, -0.05) is 0 Å². The number of hydrogen-bond donors (Lipinski definition) is 1. The maximum atomic E-state index is 12.4. The average molecular weight is 425 g/mol. The third kappa shape index (κ3) is 5.61. The first kappa shape index (κ1) is 20.5. The van der Waals surface area contributed by atoms with E-state index in [1.165, 1.54) is 30.5 Å². The lowest BCUT2D eigenvalue weighted by Gasteiger charge is -2.10. The minimum Gasteiger partial charge on any atom is -0.503 e. The van der Waals surface area contributed by atoms with E-state index in [0.717, 1.165) is 16.7 Å². The molecule has 0 amide bonds. The summed E-state index contributed by atoms with van der Waals surface area (Å²) in [5.41, 5.74) is -0.640. The van der Waals surface area contributed by atoms with E-state index in [1.54, 1.807) is 24.3 Å². The van der Waals surface area contributed by atoms with Crippen molar-refractivity contribution in [2.24, 2.45) is 0 Å². The summed E-state index contributed by atoms with van der Waals surface area (Å²) >= 11 is 0. The number of hydrogen-bond acceptors (Lipinski definition) is 5. The zero-order chi connectivity index (χ0) is 21.0. The summed E-state index contributed by atoms with van der Waals surface area (Å²) in [5, 5.41) is 9.42. The highest BCUT2D eigenvalue weighted by atomic mass is 32.2. The van der Waals surface area contributed by atoms with Gasteiger partial charge >= 0.3 is 6.36 Å². The second-order valence-electron chi connectivity index (χ2n) is 5.74. The van der Waals surface area contributed by atoms with Crippen molar-refractivity contribution in [1.82, 2.24) is 4.57 Å². The number of ether oxygens (including phenoxy) is 2. The lowest BCUT2D eigenvalue weighted by atomic mass is 10.3. The number of nitrogens with zero attached hydrogens (tertiary/aromatic N) is 1. The molecule has 0 bridgehead atoms. The van der Waals surface area contributed by atoms with Gasteiger partial charge in [-0.05, 0) is 60.7 Å². The molecule has 0 aliphatic rings. The Morgan fingerprint density at radius 3 is 2.07 bits per heavy atom. The maximum absolute atomic E-state index is 12.4. The summed E-state index contributed by atoms with van der Waals surface area (Å²) in [6, 6.07) is 13.8. The molecule has 1 atom stereocenters. The molecule has 3 rings (SSSR count). The molecular weight excluding hydrogens is 411 g/mol. The van der Waals surface area contributed by atoms with Crippen LogP contribution in [0.3, 0.4) is 0 Å². The SMILES string of the molecule is O=c1c(O)cccn1CS(=O)c1ccc(Oc2ccc(OC(F)(F)F)cc2)cc1. The van der Waals surface area contributed by atoms with Gasteiger partial charge in [-0.3, -0.25) is 13.6 Å². The number of halogens is 3. The normalized spacial score (nSPS) is 12.4. The first-order chi connectivity index (χ1) is 13.7. The molecule has 152 valence electrons. The fraction of sp³-hybridized carbons (Fsp3) is 0.105. The van der Waals surface area contributed by atoms with E-state index in [-0.39, 0.29) is 11.6 Å². The molecule has 3 aromatic rings. The summed E-state index contributed by atoms with van der Waals surface area (Å²) in [7, 11) is -1.55. The Bertz CT molecular complexity index is 1060. The molecular formula is C19H14F3NO5S. The van der Waals surface area contributed by atoms with Crippen LogP contribution in [0.25, 0.3) is 0 Å². The lowest BCUT2D eigenvalue weighted by molar-refractivity contribution is -0.274. The van der Waals surface area contributed by atoms with Gasteiger partial charge in [0.1, 0.15) is 23.1 Å². The van der Waals surface area contributed by atoms with Crippen LogP contribution in [0.5, 0.6) is 23.0 Å². The molecule has 0 radical (unpaired) electrons. The van der Waals surface area contributed by atoms with Crippen LogP contribution in [0.2, 0.25) is 0 Å². The summed E-state index contributed by atoms with van der Waals surface area (Å²) in [4.78, 5) is 12.2. The van der Waals surface area contributed by atoms with Crippen molar-refractivity contribution in [3.05, 3.63) is 77.2 Å². The van der Waals surface area contributed by atoms with Crippen LogP contribution < -0.4 is 15.0 Å². The number of pyridine rings is 1. The minimum absolute atomic E-state index is 0.131. The summed E-state index contributed by atoms with van der Waals surface area (Å²) in [5.74, 6) is -0.254. The molecule has 29 heavy (non-hydrogen) atoms. The Morgan fingerprint density at radius 2 is 1.48 bits per heavy atom. The highest BCUT2D eigenvalue weighted by molar-refractivity contribution is 7.84. The number of rotatable bonds is 6. The van der Waals surface area contributed by atoms with Crippen molar-refractivity contribution in [2.45, 2.75) is 17.1 Å². The van der Waals surface area contributed by atoms with Crippen molar-refractivity contribution in [2.75, 3.05) is 0 Å². The van der Waals surface area contributed by atoms with E-state index >= 15 is 0 Å². The van der Waals surface area contributed by atoms with Gasteiger partial charge in [0.05, 0.1) is 10.8 Å². The van der Waals surface area contributed by atoms with Gasteiger partial charge in [0, 0.05) is 11.1 Å². The maximum Gasteiger partial charge on any atom is 0.573 e. The lowest BCUT2D eigenvalue weighted by Crippen LogP contribution is -2.20. The predicted octanol–water partition coefficient (Wildman–Crippen LogP) is 4.01. The number of benzene rings is 2. The molecule has 0 saturated heterocycles. The van der Waals surface area contributed by atoms with Gasteiger partial charge in [0.2, 0.25) is 0 Å². The predicted molar refractivity (Wildman–Crippen MR) is 98.4 cm³/mol. The van der Waals surface area contributed by atoms with Crippen LogP contribution in [-0.4, -0.2) is 20.2 Å². The minimum atomic E-state index is -4.77. The van der Waals surface area contributed by atoms with E-state index in [2.05, 4.69) is 4.74 Å². The first-order valence-corrected chi connectivity index (χ1v) is 9.44. The molecule has 10 heteroatoms. The Hall–Kier alpha value is -3.27. The number of aromatic nitrogens is 1. The van der Waals surface area contributed by atoms with Crippen molar-refractivity contribution in [1.29, 1.82) is 0 Å². The molecule has 0 spiro atoms. The molecule has 1 heterocycles. The van der Waals surface area contributed by atoms with Crippen LogP contribution in [0, 0.1) is 0 Å². The average Bonchev–Trinajstić information content (AvgIpc) is 2.66. The second-order valence-corrected chi connectivity index (χ2v) is 7.16. The fourth-order valence-electron chi connectivity index (χ4n) is 2.33. The van der Waals surface area contributed by atoms with Gasteiger partial charge in [-0.2, -0.15) is 0 Å². The summed E-state index contributed by atoms with van der Waals surface area (Å²) < 4.78 is 59.4. The zero-order valence-corrected chi connectivity index (χ0v) is 15.4. The zero-order valence-electron chi connectivity index (χ0n) is 14.6. The van der Waals surface area contributed by atoms with Gasteiger partial charge in [-0.15, -0.1) is 13.2 Å². The topological polar surface area (TPSA) is 77.8 Å². The number of aromatic hydroxyl groups is 1. The monoisotopic (exact) mass is 425 g/mol. The molecule has 1 unspecified atom stereocenters.